The summed E-state index contributed by atoms with van der Waals surface area (Å²) in [6.45, 7) is 3.11. The lowest BCUT2D eigenvalue weighted by Crippen LogP contribution is -2.34. The van der Waals surface area contributed by atoms with Crippen LogP contribution in [0.4, 0.5) is 0 Å². The van der Waals surface area contributed by atoms with E-state index in [9.17, 15) is 5.11 Å². The Bertz CT molecular complexity index is 292. The van der Waals surface area contributed by atoms with Crippen LogP contribution in [-0.2, 0) is 0 Å². The molecule has 0 aliphatic carbocycles. The molecular weight excluding hydrogens is 150 g/mol. The van der Waals surface area contributed by atoms with Crippen LogP contribution in [0.1, 0.15) is 23.6 Å². The van der Waals surface area contributed by atoms with Crippen LogP contribution in [0.15, 0.2) is 18.2 Å². The van der Waals surface area contributed by atoms with Crippen LogP contribution in [0.2, 0.25) is 0 Å². The normalized spacial score (nSPS) is 21.9. The molecule has 2 nitrogen and oxygen atoms in total. The number of benzene rings is 1. The first-order valence-electron chi connectivity index (χ1n) is 4.30. The summed E-state index contributed by atoms with van der Waals surface area (Å²) in [6, 6.07) is 6.12. The van der Waals surface area contributed by atoms with E-state index in [0.717, 1.165) is 18.5 Å². The van der Waals surface area contributed by atoms with Crippen molar-refractivity contribution < 1.29 is 5.11 Å². The average molecular weight is 163 g/mol. The summed E-state index contributed by atoms with van der Waals surface area (Å²) in [7, 11) is 0. The lowest BCUT2D eigenvalue weighted by atomic mass is 9.96. The Hall–Kier alpha value is -1.02. The number of nitrogens with one attached hydrogen (secondary N) is 1. The Morgan fingerprint density at radius 3 is 2.83 bits per heavy atom. The predicted molar refractivity (Wildman–Crippen MR) is 48.2 cm³/mol. The monoisotopic (exact) mass is 163 g/mol. The second-order valence-electron chi connectivity index (χ2n) is 3.36. The Balaban J connectivity index is 2.34. The van der Waals surface area contributed by atoms with Crippen LogP contribution < -0.4 is 5.32 Å². The molecule has 0 bridgehead atoms. The van der Waals surface area contributed by atoms with E-state index in [1.54, 1.807) is 6.07 Å². The summed E-state index contributed by atoms with van der Waals surface area (Å²) in [6.07, 6.45) is 1.14. The van der Waals surface area contributed by atoms with Gasteiger partial charge in [0.05, 0.1) is 0 Å². The molecule has 0 radical (unpaired) electrons. The molecule has 0 unspecified atom stereocenters. The molecule has 2 rings (SSSR count). The van der Waals surface area contributed by atoms with Crippen molar-refractivity contribution in [1.82, 2.24) is 5.32 Å². The molecule has 1 atom stereocenters. The molecule has 1 saturated heterocycles. The van der Waals surface area contributed by atoms with Crippen molar-refractivity contribution in [2.75, 3.05) is 6.54 Å². The third kappa shape index (κ3) is 1.18. The molecule has 12 heavy (non-hydrogen) atoms. The van der Waals surface area contributed by atoms with Gasteiger partial charge in [0.2, 0.25) is 0 Å². The maximum absolute atomic E-state index is 9.53. The van der Waals surface area contributed by atoms with Gasteiger partial charge in [0.1, 0.15) is 5.75 Å². The standard InChI is InChI=1S/C10H13NO/c1-7-2-3-10(12)8(6-7)9-4-5-11-9/h2-3,6,9,11-12H,4-5H2,1H3/t9-/m1/s1. The third-order valence-corrected chi connectivity index (χ3v) is 2.38. The van der Waals surface area contributed by atoms with E-state index in [-0.39, 0.29) is 0 Å². The summed E-state index contributed by atoms with van der Waals surface area (Å²) in [5, 5.41) is 12.8. The summed E-state index contributed by atoms with van der Waals surface area (Å²) in [4.78, 5) is 0. The molecule has 1 aliphatic heterocycles. The minimum absolute atomic E-state index is 0.380. The lowest BCUT2D eigenvalue weighted by molar-refractivity contribution is 0.364. The van der Waals surface area contributed by atoms with Gasteiger partial charge in [0.15, 0.2) is 0 Å². The first-order chi connectivity index (χ1) is 5.77. The van der Waals surface area contributed by atoms with Crippen LogP contribution in [0.25, 0.3) is 0 Å². The van der Waals surface area contributed by atoms with Crippen LogP contribution in [0, 0.1) is 6.92 Å². The molecule has 0 saturated carbocycles. The highest BCUT2D eigenvalue weighted by molar-refractivity contribution is 5.38. The van der Waals surface area contributed by atoms with E-state index < -0.39 is 0 Å². The number of phenolic OH excluding ortho intramolecular Hbond substituents is 1. The smallest absolute Gasteiger partial charge is 0.120 e. The Morgan fingerprint density at radius 1 is 1.50 bits per heavy atom. The molecular formula is C10H13NO. The van der Waals surface area contributed by atoms with Gasteiger partial charge < -0.3 is 10.4 Å². The molecule has 1 aromatic carbocycles. The molecule has 1 heterocycles. The van der Waals surface area contributed by atoms with E-state index in [1.165, 1.54) is 5.56 Å². The molecule has 0 aromatic heterocycles. The van der Waals surface area contributed by atoms with Gasteiger partial charge in [0, 0.05) is 11.6 Å². The second-order valence-corrected chi connectivity index (χ2v) is 3.36. The fraction of sp³-hybridized carbons (Fsp3) is 0.400. The molecule has 2 N–H and O–H groups in total. The first kappa shape index (κ1) is 7.62. The maximum Gasteiger partial charge on any atom is 0.120 e. The van der Waals surface area contributed by atoms with E-state index in [1.807, 2.05) is 19.1 Å². The summed E-state index contributed by atoms with van der Waals surface area (Å²) in [5.41, 5.74) is 2.25. The number of hydrogen-bond acceptors (Lipinski definition) is 2. The van der Waals surface area contributed by atoms with Crippen molar-refractivity contribution in [3.63, 3.8) is 0 Å². The number of aryl methyl sites for hydroxylation is 1. The third-order valence-electron chi connectivity index (χ3n) is 2.38. The fourth-order valence-corrected chi connectivity index (χ4v) is 1.51. The maximum atomic E-state index is 9.53. The molecule has 2 heteroatoms. The Kier molecular flexibility index (Phi) is 1.77. The Labute approximate surface area is 72.2 Å². The van der Waals surface area contributed by atoms with Gasteiger partial charge in [0.25, 0.3) is 0 Å². The van der Waals surface area contributed by atoms with Gasteiger partial charge in [-0.25, -0.2) is 0 Å². The van der Waals surface area contributed by atoms with Crippen molar-refractivity contribution in [3.8, 4) is 5.75 Å². The molecule has 0 amide bonds. The van der Waals surface area contributed by atoms with E-state index in [2.05, 4.69) is 5.32 Å². The highest BCUT2D eigenvalue weighted by Crippen LogP contribution is 2.30. The minimum Gasteiger partial charge on any atom is -0.508 e. The van der Waals surface area contributed by atoms with Gasteiger partial charge in [-0.05, 0) is 26.0 Å². The van der Waals surface area contributed by atoms with Crippen LogP contribution in [-0.4, -0.2) is 11.7 Å². The van der Waals surface area contributed by atoms with Crippen molar-refractivity contribution in [3.05, 3.63) is 29.3 Å². The lowest BCUT2D eigenvalue weighted by Gasteiger charge is -2.28. The zero-order valence-corrected chi connectivity index (χ0v) is 7.17. The fourth-order valence-electron chi connectivity index (χ4n) is 1.51. The first-order valence-corrected chi connectivity index (χ1v) is 4.30. The minimum atomic E-state index is 0.380. The van der Waals surface area contributed by atoms with Gasteiger partial charge in [-0.1, -0.05) is 17.7 Å². The average Bonchev–Trinajstić information content (AvgIpc) is 1.93. The topological polar surface area (TPSA) is 32.3 Å². The van der Waals surface area contributed by atoms with Crippen LogP contribution in [0.3, 0.4) is 0 Å². The molecule has 64 valence electrons. The summed E-state index contributed by atoms with van der Waals surface area (Å²) < 4.78 is 0. The highest BCUT2D eigenvalue weighted by Gasteiger charge is 2.20. The largest absolute Gasteiger partial charge is 0.508 e. The van der Waals surface area contributed by atoms with Crippen molar-refractivity contribution in [1.29, 1.82) is 0 Å². The number of phenols is 1. The van der Waals surface area contributed by atoms with Crippen molar-refractivity contribution >= 4 is 0 Å². The van der Waals surface area contributed by atoms with Gasteiger partial charge in [-0.2, -0.15) is 0 Å². The summed E-state index contributed by atoms with van der Waals surface area (Å²) >= 11 is 0. The molecule has 1 aromatic rings. The summed E-state index contributed by atoms with van der Waals surface area (Å²) in [5.74, 6) is 0.415. The molecule has 1 fully saturated rings. The number of hydrogen-bond donors (Lipinski definition) is 2. The second kappa shape index (κ2) is 2.79. The zero-order chi connectivity index (χ0) is 8.55. The quantitative estimate of drug-likeness (QED) is 0.661. The van der Waals surface area contributed by atoms with E-state index in [4.69, 9.17) is 0 Å². The van der Waals surface area contributed by atoms with Gasteiger partial charge in [-0.3, -0.25) is 0 Å². The van der Waals surface area contributed by atoms with E-state index >= 15 is 0 Å². The molecule has 1 aliphatic rings. The van der Waals surface area contributed by atoms with Crippen LogP contribution >= 0.6 is 0 Å². The van der Waals surface area contributed by atoms with E-state index in [0.29, 0.717) is 11.8 Å². The van der Waals surface area contributed by atoms with Crippen LogP contribution in [0.5, 0.6) is 5.75 Å². The highest BCUT2D eigenvalue weighted by atomic mass is 16.3. The van der Waals surface area contributed by atoms with Gasteiger partial charge >= 0.3 is 0 Å². The zero-order valence-electron chi connectivity index (χ0n) is 7.17. The Morgan fingerprint density at radius 2 is 2.25 bits per heavy atom. The van der Waals surface area contributed by atoms with Crippen molar-refractivity contribution in [2.45, 2.75) is 19.4 Å². The van der Waals surface area contributed by atoms with Gasteiger partial charge in [-0.15, -0.1) is 0 Å². The SMILES string of the molecule is Cc1ccc(O)c([C@H]2CCN2)c1. The predicted octanol–water partition coefficient (Wildman–Crippen LogP) is 1.74. The number of aromatic hydroxyl groups is 1. The number of rotatable bonds is 1. The van der Waals surface area contributed by atoms with Crippen molar-refractivity contribution in [2.24, 2.45) is 0 Å². The molecule has 0 spiro atoms.